The van der Waals surface area contributed by atoms with E-state index >= 15 is 0 Å². The predicted molar refractivity (Wildman–Crippen MR) is 136 cm³/mol. The zero-order chi connectivity index (χ0) is 25.9. The minimum absolute atomic E-state index is 0.123. The van der Waals surface area contributed by atoms with Crippen LogP contribution in [0.25, 0.3) is 11.4 Å². The van der Waals surface area contributed by atoms with Gasteiger partial charge in [-0.25, -0.2) is 4.98 Å². The van der Waals surface area contributed by atoms with E-state index in [1.165, 1.54) is 18.1 Å². The second-order valence-electron chi connectivity index (χ2n) is 8.26. The average molecular weight is 570 g/mol. The number of benzene rings is 1. The van der Waals surface area contributed by atoms with Gasteiger partial charge in [-0.3, -0.25) is 14.5 Å². The second kappa shape index (κ2) is 8.71. The number of imidazole rings is 1. The van der Waals surface area contributed by atoms with E-state index in [4.69, 9.17) is 4.74 Å². The number of anilines is 1. The third-order valence-electron chi connectivity index (χ3n) is 6.06. The smallest absolute Gasteiger partial charge is 0.301 e. The van der Waals surface area contributed by atoms with Crippen LogP contribution < -0.4 is 9.64 Å². The Balaban J connectivity index is 1.80. The monoisotopic (exact) mass is 569 g/mol. The van der Waals surface area contributed by atoms with Crippen molar-refractivity contribution in [1.29, 1.82) is 0 Å². The maximum Gasteiger partial charge on any atom is 0.301 e. The van der Waals surface area contributed by atoms with Gasteiger partial charge in [0.15, 0.2) is 17.3 Å². The molecule has 1 saturated heterocycles. The molecule has 4 aromatic rings. The maximum atomic E-state index is 13.4. The van der Waals surface area contributed by atoms with Crippen LogP contribution in [0.4, 0.5) is 5.13 Å². The van der Waals surface area contributed by atoms with Crippen LogP contribution in [0, 0.1) is 20.8 Å². The highest BCUT2D eigenvalue weighted by molar-refractivity contribution is 9.10. The fourth-order valence-electron chi connectivity index (χ4n) is 4.31. The molecule has 1 amide bonds. The molecule has 4 heterocycles. The fourth-order valence-corrected chi connectivity index (χ4v) is 5.48. The highest BCUT2D eigenvalue weighted by Gasteiger charge is 2.49. The summed E-state index contributed by atoms with van der Waals surface area (Å²) in [7, 11) is 1.39. The predicted octanol–water partition coefficient (Wildman–Crippen LogP) is 4.21. The SMILES string of the molecule is COc1cc(C2/C(=C(\O)c3nc4c(C)cccn4c3C)C(=O)C(=O)N2c2nnc(C)s2)cc(Br)c1O. The normalized spacial score (nSPS) is 17.4. The number of phenolic OH excluding ortho intramolecular Hbond substituents is 1. The number of carbonyl (C=O) groups is 2. The number of aliphatic hydroxyl groups is 1. The molecule has 1 aliphatic heterocycles. The van der Waals surface area contributed by atoms with Crippen molar-refractivity contribution >= 4 is 55.5 Å². The summed E-state index contributed by atoms with van der Waals surface area (Å²) < 4.78 is 7.39. The van der Waals surface area contributed by atoms with Gasteiger partial charge in [0.2, 0.25) is 5.13 Å². The molecule has 0 saturated carbocycles. The number of halogens is 1. The zero-order valence-corrected chi connectivity index (χ0v) is 22.0. The lowest BCUT2D eigenvalue weighted by molar-refractivity contribution is -0.132. The van der Waals surface area contributed by atoms with Crippen molar-refractivity contribution < 1.29 is 24.5 Å². The molecule has 5 rings (SSSR count). The number of carbonyl (C=O) groups excluding carboxylic acids is 2. The van der Waals surface area contributed by atoms with Crippen molar-refractivity contribution in [2.75, 3.05) is 12.0 Å². The van der Waals surface area contributed by atoms with E-state index in [1.54, 1.807) is 19.9 Å². The summed E-state index contributed by atoms with van der Waals surface area (Å²) in [6.07, 6.45) is 1.81. The number of methoxy groups -OCH3 is 1. The van der Waals surface area contributed by atoms with Gasteiger partial charge < -0.3 is 19.4 Å². The second-order valence-corrected chi connectivity index (χ2v) is 10.3. The van der Waals surface area contributed by atoms with E-state index < -0.39 is 23.5 Å². The van der Waals surface area contributed by atoms with Gasteiger partial charge in [0.05, 0.1) is 28.9 Å². The maximum absolute atomic E-state index is 13.4. The van der Waals surface area contributed by atoms with Gasteiger partial charge >= 0.3 is 5.91 Å². The van der Waals surface area contributed by atoms with Crippen molar-refractivity contribution in [3.8, 4) is 11.5 Å². The van der Waals surface area contributed by atoms with Gasteiger partial charge in [0.1, 0.15) is 16.3 Å². The van der Waals surface area contributed by atoms with Crippen LogP contribution in [-0.4, -0.2) is 48.6 Å². The van der Waals surface area contributed by atoms with Gasteiger partial charge in [0.25, 0.3) is 5.78 Å². The van der Waals surface area contributed by atoms with Gasteiger partial charge in [0, 0.05) is 6.20 Å². The number of hydrogen-bond acceptors (Lipinski definition) is 9. The fraction of sp³-hybridized carbons (Fsp3) is 0.208. The minimum Gasteiger partial charge on any atom is -0.505 e. The number of phenols is 1. The first-order valence-electron chi connectivity index (χ1n) is 10.8. The number of rotatable bonds is 4. The Labute approximate surface area is 217 Å². The number of aliphatic hydroxyl groups excluding tert-OH is 1. The number of ether oxygens (including phenoxy) is 1. The van der Waals surface area contributed by atoms with Crippen LogP contribution in [0.1, 0.15) is 33.6 Å². The lowest BCUT2D eigenvalue weighted by Gasteiger charge is -2.23. The Morgan fingerprint density at radius 1 is 1.19 bits per heavy atom. The van der Waals surface area contributed by atoms with Crippen LogP contribution >= 0.6 is 27.3 Å². The number of aromatic nitrogens is 4. The highest BCUT2D eigenvalue weighted by atomic mass is 79.9. The van der Waals surface area contributed by atoms with Crippen molar-refractivity contribution in [2.45, 2.75) is 26.8 Å². The summed E-state index contributed by atoms with van der Waals surface area (Å²) in [4.78, 5) is 32.5. The Hall–Kier alpha value is -3.77. The van der Waals surface area contributed by atoms with Crippen molar-refractivity contribution in [1.82, 2.24) is 19.6 Å². The third kappa shape index (κ3) is 3.56. The van der Waals surface area contributed by atoms with Crippen molar-refractivity contribution in [2.24, 2.45) is 0 Å². The molecular weight excluding hydrogens is 550 g/mol. The molecule has 1 atom stereocenters. The molecule has 0 aliphatic carbocycles. The van der Waals surface area contributed by atoms with Gasteiger partial charge in [-0.15, -0.1) is 10.2 Å². The molecule has 2 N–H and O–H groups in total. The summed E-state index contributed by atoms with van der Waals surface area (Å²) in [6.45, 7) is 5.39. The van der Waals surface area contributed by atoms with Gasteiger partial charge in [-0.1, -0.05) is 17.4 Å². The largest absolute Gasteiger partial charge is 0.505 e. The average Bonchev–Trinajstić information content (AvgIpc) is 3.50. The zero-order valence-electron chi connectivity index (χ0n) is 19.6. The van der Waals surface area contributed by atoms with Crippen LogP contribution in [0.5, 0.6) is 11.5 Å². The first-order valence-corrected chi connectivity index (χ1v) is 12.4. The van der Waals surface area contributed by atoms with Crippen molar-refractivity contribution in [3.63, 3.8) is 0 Å². The molecule has 184 valence electrons. The molecule has 12 heteroatoms. The summed E-state index contributed by atoms with van der Waals surface area (Å²) in [5.74, 6) is -2.18. The molecule has 1 fully saturated rings. The van der Waals surface area contributed by atoms with Crippen LogP contribution in [0.15, 0.2) is 40.5 Å². The number of nitrogens with zero attached hydrogens (tertiary/aromatic N) is 5. The molecule has 3 aromatic heterocycles. The molecule has 1 aliphatic rings. The molecular formula is C24H20BrN5O5S. The number of amides is 1. The molecule has 36 heavy (non-hydrogen) atoms. The highest BCUT2D eigenvalue weighted by Crippen LogP contribution is 2.46. The number of ketones is 1. The van der Waals surface area contributed by atoms with Crippen LogP contribution in [0.2, 0.25) is 0 Å². The van der Waals surface area contributed by atoms with E-state index in [2.05, 4.69) is 31.1 Å². The van der Waals surface area contributed by atoms with Crippen molar-refractivity contribution in [3.05, 3.63) is 68.0 Å². The topological polar surface area (TPSA) is 130 Å². The Morgan fingerprint density at radius 3 is 2.58 bits per heavy atom. The molecule has 0 spiro atoms. The van der Waals surface area contributed by atoms with Crippen LogP contribution in [0.3, 0.4) is 0 Å². The van der Waals surface area contributed by atoms with Crippen LogP contribution in [-0.2, 0) is 9.59 Å². The van der Waals surface area contributed by atoms with Gasteiger partial charge in [-0.2, -0.15) is 0 Å². The Kier molecular flexibility index (Phi) is 5.80. The number of pyridine rings is 1. The molecule has 10 nitrogen and oxygen atoms in total. The summed E-state index contributed by atoms with van der Waals surface area (Å²) >= 11 is 4.44. The Morgan fingerprint density at radius 2 is 1.94 bits per heavy atom. The van der Waals surface area contributed by atoms with E-state index in [0.29, 0.717) is 21.9 Å². The standard InChI is InChI=1S/C24H20BrN5O5S/c1-10-6-5-7-29-11(2)17(26-22(10)29)20(32)16-18(13-8-14(25)19(31)15(9-13)35-4)30(23(34)21(16)33)24-28-27-12(3)36-24/h5-9,18,31-32H,1-4H3/b20-16+. The number of aryl methyl sites for hydroxylation is 3. The van der Waals surface area contributed by atoms with E-state index in [9.17, 15) is 19.8 Å². The number of Topliss-reactive ketones (excluding diaryl/α,β-unsaturated/α-hetero) is 1. The molecule has 1 unspecified atom stereocenters. The van der Waals surface area contributed by atoms with E-state index in [0.717, 1.165) is 16.9 Å². The first-order chi connectivity index (χ1) is 17.1. The molecule has 1 aromatic carbocycles. The Bertz CT molecular complexity index is 1610. The summed E-state index contributed by atoms with van der Waals surface area (Å²) in [5.41, 5.74) is 2.54. The quantitative estimate of drug-likeness (QED) is 0.212. The molecule has 0 radical (unpaired) electrons. The number of aromatic hydroxyl groups is 1. The lowest BCUT2D eigenvalue weighted by Crippen LogP contribution is -2.29. The summed E-state index contributed by atoms with van der Waals surface area (Å²) in [6, 6.07) is 5.74. The van der Waals surface area contributed by atoms with E-state index in [1.807, 2.05) is 29.7 Å². The summed E-state index contributed by atoms with van der Waals surface area (Å²) in [5, 5.41) is 30.7. The minimum atomic E-state index is -1.08. The number of fused-ring (bicyclic) bond motifs is 1. The third-order valence-corrected chi connectivity index (χ3v) is 7.50. The molecule has 0 bridgehead atoms. The van der Waals surface area contributed by atoms with E-state index in [-0.39, 0.29) is 32.4 Å². The van der Waals surface area contributed by atoms with Gasteiger partial charge in [-0.05, 0) is 66.0 Å². The number of hydrogen-bond donors (Lipinski definition) is 2. The first kappa shape index (κ1) is 23.9. The lowest BCUT2D eigenvalue weighted by atomic mass is 9.96.